The van der Waals surface area contributed by atoms with E-state index >= 15 is 0 Å². The molecule has 0 spiro atoms. The summed E-state index contributed by atoms with van der Waals surface area (Å²) in [7, 11) is 0. The van der Waals surface area contributed by atoms with Gasteiger partial charge in [-0.1, -0.05) is 90.8 Å². The van der Waals surface area contributed by atoms with Crippen molar-refractivity contribution in [3.63, 3.8) is 0 Å². The Morgan fingerprint density at radius 2 is 1.61 bits per heavy atom. The van der Waals surface area contributed by atoms with Gasteiger partial charge in [-0.2, -0.15) is 0 Å². The van der Waals surface area contributed by atoms with Crippen molar-refractivity contribution < 1.29 is 0 Å². The van der Waals surface area contributed by atoms with Gasteiger partial charge in [0, 0.05) is 29.9 Å². The molecule has 2 nitrogen and oxygen atoms in total. The highest BCUT2D eigenvalue weighted by molar-refractivity contribution is 5.76. The van der Waals surface area contributed by atoms with Crippen LogP contribution in [-0.2, 0) is 11.8 Å². The molecule has 0 fully saturated rings. The molecule has 0 amide bonds. The van der Waals surface area contributed by atoms with E-state index in [9.17, 15) is 0 Å². The number of aromatic nitrogens is 1. The lowest BCUT2D eigenvalue weighted by Gasteiger charge is -2.38. The number of fused-ring (bicyclic) bond motifs is 3. The summed E-state index contributed by atoms with van der Waals surface area (Å²) in [4.78, 5) is 7.24. The molecule has 3 aromatic carbocycles. The van der Waals surface area contributed by atoms with Crippen molar-refractivity contribution in [3.8, 4) is 11.3 Å². The Kier molecular flexibility index (Phi) is 5.60. The third kappa shape index (κ3) is 4.07. The van der Waals surface area contributed by atoms with Crippen LogP contribution in [0, 0.1) is 13.8 Å². The van der Waals surface area contributed by atoms with Gasteiger partial charge in [-0.15, -0.1) is 0 Å². The largest absolute Gasteiger partial charge is 0.366 e. The van der Waals surface area contributed by atoms with Gasteiger partial charge in [0.05, 0.1) is 11.7 Å². The maximum Gasteiger partial charge on any atom is 0.0733 e. The molecule has 0 radical (unpaired) electrons. The first-order valence-corrected chi connectivity index (χ1v) is 12.8. The van der Waals surface area contributed by atoms with Crippen molar-refractivity contribution in [3.05, 3.63) is 143 Å². The maximum atomic E-state index is 4.71. The number of hydrogen-bond donors (Lipinski definition) is 0. The van der Waals surface area contributed by atoms with Crippen LogP contribution in [0.2, 0.25) is 0 Å². The van der Waals surface area contributed by atoms with Crippen LogP contribution in [0.4, 0.5) is 0 Å². The van der Waals surface area contributed by atoms with Crippen LogP contribution in [0.1, 0.15) is 46.3 Å². The van der Waals surface area contributed by atoms with Crippen LogP contribution in [0.15, 0.2) is 109 Å². The third-order valence-corrected chi connectivity index (χ3v) is 7.70. The van der Waals surface area contributed by atoms with E-state index in [1.165, 1.54) is 44.5 Å². The van der Waals surface area contributed by atoms with Gasteiger partial charge in [0.15, 0.2) is 0 Å². The number of benzene rings is 3. The van der Waals surface area contributed by atoms with Gasteiger partial charge < -0.3 is 4.90 Å². The average molecular weight is 469 g/mol. The first-order valence-electron chi connectivity index (χ1n) is 12.8. The number of aryl methyl sites for hydroxylation is 2. The number of rotatable bonds is 3. The molecule has 2 heteroatoms. The highest BCUT2D eigenvalue weighted by Gasteiger charge is 2.38. The summed E-state index contributed by atoms with van der Waals surface area (Å²) in [6, 6.07) is 31.1. The highest BCUT2D eigenvalue weighted by atomic mass is 15.2. The fraction of sp³-hybridized carbons (Fsp3) is 0.206. The quantitative estimate of drug-likeness (QED) is 0.304. The minimum Gasteiger partial charge on any atom is -0.366 e. The zero-order chi connectivity index (χ0) is 24.7. The van der Waals surface area contributed by atoms with Gasteiger partial charge >= 0.3 is 0 Å². The Morgan fingerprint density at radius 1 is 0.861 bits per heavy atom. The minimum atomic E-state index is -0.0748. The molecule has 4 aromatic rings. The second-order valence-corrected chi connectivity index (χ2v) is 10.6. The highest BCUT2D eigenvalue weighted by Crippen LogP contribution is 2.44. The van der Waals surface area contributed by atoms with Crippen molar-refractivity contribution in [2.45, 2.75) is 38.6 Å². The van der Waals surface area contributed by atoms with Crippen LogP contribution in [0.25, 0.3) is 16.8 Å². The van der Waals surface area contributed by atoms with Gasteiger partial charge in [-0.3, -0.25) is 4.98 Å². The molecule has 2 atom stereocenters. The Labute approximate surface area is 214 Å². The predicted octanol–water partition coefficient (Wildman–Crippen LogP) is 7.83. The Balaban J connectivity index is 1.46. The summed E-state index contributed by atoms with van der Waals surface area (Å²) in [5.74, 6) is 0. The fourth-order valence-electron chi connectivity index (χ4n) is 6.14. The monoisotopic (exact) mass is 468 g/mol. The van der Waals surface area contributed by atoms with E-state index in [4.69, 9.17) is 4.98 Å². The van der Waals surface area contributed by atoms with E-state index in [1.54, 1.807) is 0 Å². The lowest BCUT2D eigenvalue weighted by molar-refractivity contribution is 0.261. The molecular formula is C34H32N2. The molecule has 1 aromatic heterocycles. The smallest absolute Gasteiger partial charge is 0.0733 e. The topological polar surface area (TPSA) is 16.1 Å². The predicted molar refractivity (Wildman–Crippen MR) is 150 cm³/mol. The molecule has 0 aliphatic carbocycles. The fourth-order valence-corrected chi connectivity index (χ4v) is 6.14. The van der Waals surface area contributed by atoms with Gasteiger partial charge in [-0.05, 0) is 72.4 Å². The molecule has 6 rings (SSSR count). The molecule has 0 N–H and O–H groups in total. The first kappa shape index (κ1) is 22.5. The summed E-state index contributed by atoms with van der Waals surface area (Å²) in [6.45, 7) is 7.72. The molecule has 3 heterocycles. The third-order valence-electron chi connectivity index (χ3n) is 7.70. The summed E-state index contributed by atoms with van der Waals surface area (Å²) in [5, 5.41) is 0. The average Bonchev–Trinajstić information content (AvgIpc) is 3.02. The number of allylic oxidation sites excluding steroid dienone is 2. The minimum absolute atomic E-state index is 0.0748. The van der Waals surface area contributed by atoms with Crippen LogP contribution in [-0.4, -0.2) is 16.4 Å². The van der Waals surface area contributed by atoms with E-state index in [-0.39, 0.29) is 11.5 Å². The Hall–Kier alpha value is -3.91. The molecular weight excluding hydrogens is 436 g/mol. The van der Waals surface area contributed by atoms with Gasteiger partial charge in [0.2, 0.25) is 0 Å². The zero-order valence-corrected chi connectivity index (χ0v) is 21.3. The normalized spacial score (nSPS) is 20.8. The first-order chi connectivity index (χ1) is 17.5. The lowest BCUT2D eigenvalue weighted by Crippen LogP contribution is -2.38. The van der Waals surface area contributed by atoms with E-state index in [0.29, 0.717) is 0 Å². The molecule has 178 valence electrons. The van der Waals surface area contributed by atoms with E-state index in [2.05, 4.69) is 123 Å². The summed E-state index contributed by atoms with van der Waals surface area (Å²) < 4.78 is 0. The van der Waals surface area contributed by atoms with Crippen molar-refractivity contribution in [2.24, 2.45) is 0 Å². The molecule has 0 saturated carbocycles. The molecule has 2 aliphatic rings. The second kappa shape index (κ2) is 8.95. The van der Waals surface area contributed by atoms with Crippen molar-refractivity contribution in [2.75, 3.05) is 6.54 Å². The number of pyridine rings is 1. The Bertz CT molecular complexity index is 1460. The van der Waals surface area contributed by atoms with E-state index in [0.717, 1.165) is 18.7 Å². The van der Waals surface area contributed by atoms with Crippen LogP contribution < -0.4 is 0 Å². The van der Waals surface area contributed by atoms with Crippen LogP contribution >= 0.6 is 0 Å². The van der Waals surface area contributed by atoms with Crippen molar-refractivity contribution in [1.29, 1.82) is 0 Å². The standard InChI is InChI=1S/C34H32N2/c1-24-18-25(2)20-28(19-24)26-15-17-36-23-34(3,22-27-10-4-5-11-29(27)33(36)21-26)31-13-7-6-12-30(31)32-14-8-9-16-35-32/h4-21,33H,22-23H2,1-3H3. The van der Waals surface area contributed by atoms with E-state index in [1.807, 2.05) is 12.3 Å². The van der Waals surface area contributed by atoms with E-state index < -0.39 is 0 Å². The number of hydrogen-bond acceptors (Lipinski definition) is 2. The second-order valence-electron chi connectivity index (χ2n) is 10.6. The summed E-state index contributed by atoms with van der Waals surface area (Å²) in [6.07, 6.45) is 9.95. The molecule has 0 bridgehead atoms. The van der Waals surface area contributed by atoms with Crippen molar-refractivity contribution in [1.82, 2.24) is 9.88 Å². The maximum absolute atomic E-state index is 4.71. The van der Waals surface area contributed by atoms with Crippen molar-refractivity contribution >= 4 is 5.57 Å². The summed E-state index contributed by atoms with van der Waals surface area (Å²) in [5.41, 5.74) is 11.6. The van der Waals surface area contributed by atoms with Gasteiger partial charge in [0.25, 0.3) is 0 Å². The summed E-state index contributed by atoms with van der Waals surface area (Å²) >= 11 is 0. The lowest BCUT2D eigenvalue weighted by atomic mass is 9.74. The zero-order valence-electron chi connectivity index (χ0n) is 21.3. The van der Waals surface area contributed by atoms with Gasteiger partial charge in [0.1, 0.15) is 0 Å². The molecule has 2 aliphatic heterocycles. The Morgan fingerprint density at radius 3 is 2.42 bits per heavy atom. The van der Waals surface area contributed by atoms with Gasteiger partial charge in [-0.25, -0.2) is 0 Å². The van der Waals surface area contributed by atoms with Crippen LogP contribution in [0.5, 0.6) is 0 Å². The SMILES string of the molecule is Cc1cc(C)cc(C2=CC3c4ccccc4CC(C)(c4ccccc4-c4ccccn4)CN3C=C2)c1. The molecule has 0 saturated heterocycles. The molecule has 36 heavy (non-hydrogen) atoms. The van der Waals surface area contributed by atoms with Crippen LogP contribution in [0.3, 0.4) is 0 Å². The number of nitrogens with zero attached hydrogens (tertiary/aromatic N) is 2. The molecule has 2 unspecified atom stereocenters.